The van der Waals surface area contributed by atoms with Crippen molar-refractivity contribution in [3.8, 4) is 11.5 Å². The summed E-state index contributed by atoms with van der Waals surface area (Å²) >= 11 is 0. The molecule has 8 nitrogen and oxygen atoms in total. The Morgan fingerprint density at radius 3 is 2.70 bits per heavy atom. The van der Waals surface area contributed by atoms with Gasteiger partial charge < -0.3 is 24.7 Å². The summed E-state index contributed by atoms with van der Waals surface area (Å²) in [5.41, 5.74) is 3.84. The lowest BCUT2D eigenvalue weighted by atomic mass is 10.0. The predicted molar refractivity (Wildman–Crippen MR) is 157 cm³/mol. The van der Waals surface area contributed by atoms with Gasteiger partial charge in [-0.05, 0) is 48.4 Å². The summed E-state index contributed by atoms with van der Waals surface area (Å²) in [4.78, 5) is 35.2. The van der Waals surface area contributed by atoms with E-state index in [4.69, 9.17) is 9.47 Å². The van der Waals surface area contributed by atoms with Crippen LogP contribution in [0.15, 0.2) is 91.3 Å². The van der Waals surface area contributed by atoms with Gasteiger partial charge in [-0.3, -0.25) is 14.6 Å². The highest BCUT2D eigenvalue weighted by Crippen LogP contribution is 2.22. The first-order valence-corrected chi connectivity index (χ1v) is 13.2. The maximum Gasteiger partial charge on any atom is 0.258 e. The van der Waals surface area contributed by atoms with Crippen molar-refractivity contribution in [1.82, 2.24) is 20.2 Å². The summed E-state index contributed by atoms with van der Waals surface area (Å²) in [6.07, 6.45) is 4.23. The highest BCUT2D eigenvalue weighted by molar-refractivity contribution is 5.84. The number of carbonyl (C=O) groups excluding carboxylic acids is 2. The summed E-state index contributed by atoms with van der Waals surface area (Å²) < 4.78 is 11.3. The molecule has 2 N–H and O–H groups in total. The van der Waals surface area contributed by atoms with E-state index in [2.05, 4.69) is 21.4 Å². The summed E-state index contributed by atoms with van der Waals surface area (Å²) in [7, 11) is 1.61. The third-order valence-corrected chi connectivity index (χ3v) is 6.89. The van der Waals surface area contributed by atoms with Gasteiger partial charge in [-0.15, -0.1) is 0 Å². The molecule has 2 heterocycles. The second-order valence-electron chi connectivity index (χ2n) is 9.69. The summed E-state index contributed by atoms with van der Waals surface area (Å²) in [6, 6.07) is 24.7. The van der Waals surface area contributed by atoms with Gasteiger partial charge in [-0.1, -0.05) is 42.5 Å². The number of carbonyl (C=O) groups is 2. The number of para-hydroxylation sites is 2. The zero-order valence-electron chi connectivity index (χ0n) is 22.6. The van der Waals surface area contributed by atoms with Crippen LogP contribution in [0.1, 0.15) is 19.5 Å². The number of methoxy groups -OCH3 is 1. The van der Waals surface area contributed by atoms with Gasteiger partial charge in [0.25, 0.3) is 5.91 Å². The lowest BCUT2D eigenvalue weighted by Gasteiger charge is -2.28. The van der Waals surface area contributed by atoms with E-state index in [0.717, 1.165) is 32.9 Å². The van der Waals surface area contributed by atoms with Gasteiger partial charge in [0.05, 0.1) is 18.7 Å². The number of ether oxygens (including phenoxy) is 2. The lowest BCUT2D eigenvalue weighted by molar-refractivity contribution is -0.131. The van der Waals surface area contributed by atoms with Crippen LogP contribution in [0.5, 0.6) is 11.5 Å². The zero-order valence-corrected chi connectivity index (χ0v) is 22.6. The van der Waals surface area contributed by atoms with Crippen LogP contribution >= 0.6 is 0 Å². The van der Waals surface area contributed by atoms with Gasteiger partial charge >= 0.3 is 0 Å². The van der Waals surface area contributed by atoms with Crippen molar-refractivity contribution < 1.29 is 20.5 Å². The number of aromatic amines is 1. The Morgan fingerprint density at radius 2 is 1.85 bits per heavy atom. The van der Waals surface area contributed by atoms with Crippen LogP contribution in [-0.4, -0.2) is 53.0 Å². The zero-order chi connectivity index (χ0) is 27.9. The molecule has 0 aliphatic rings. The van der Waals surface area contributed by atoms with Gasteiger partial charge in [-0.25, -0.2) is 0 Å². The Kier molecular flexibility index (Phi) is 8.25. The largest absolute Gasteiger partial charge is 0.496 e. The molecule has 0 saturated heterocycles. The number of hydrogen-bond donors (Lipinski definition) is 2. The Balaban J connectivity index is 0.00000387. The van der Waals surface area contributed by atoms with Crippen LogP contribution < -0.4 is 14.8 Å². The lowest BCUT2D eigenvalue weighted by Crippen LogP contribution is -2.47. The van der Waals surface area contributed by atoms with Crippen LogP contribution in [0.25, 0.3) is 21.8 Å². The fourth-order valence-corrected chi connectivity index (χ4v) is 4.90. The molecule has 3 aromatic carbocycles. The molecule has 0 aliphatic carbocycles. The van der Waals surface area contributed by atoms with Gasteiger partial charge in [0.1, 0.15) is 11.5 Å². The van der Waals surface area contributed by atoms with Crippen molar-refractivity contribution in [2.24, 2.45) is 0 Å². The van der Waals surface area contributed by atoms with Crippen LogP contribution in [0.2, 0.25) is 0 Å². The Labute approximate surface area is 234 Å². The van der Waals surface area contributed by atoms with E-state index in [0.29, 0.717) is 31.0 Å². The molecule has 0 fully saturated rings. The molecule has 0 saturated carbocycles. The normalized spacial score (nSPS) is 11.8. The van der Waals surface area contributed by atoms with E-state index < -0.39 is 0 Å². The molecule has 0 spiro atoms. The third-order valence-electron chi connectivity index (χ3n) is 6.89. The fourth-order valence-electron chi connectivity index (χ4n) is 4.90. The van der Waals surface area contributed by atoms with E-state index in [9.17, 15) is 9.59 Å². The van der Waals surface area contributed by atoms with E-state index in [1.807, 2.05) is 72.9 Å². The molecule has 8 heteroatoms. The SMILES string of the molecule is COc1ccccc1CN(CC(Cc1c[nH]c2ccccc12)NC(=O)COc1ccc2ncccc2c1)C(C)=O.[HH]. The monoisotopic (exact) mass is 538 g/mol. The standard InChI is InChI=1S/C32H32N4O4.H2/c1-22(37)36(19-24-8-3-6-12-31(24)39-2)20-26(16-25-18-34-30-11-5-4-10-28(25)30)35-32(38)21-40-27-13-14-29-23(17-27)9-7-15-33-29;/h3-15,17-18,26,34H,16,19-21H2,1-2H3,(H,35,38);1H. The molecule has 2 amide bonds. The first-order chi connectivity index (χ1) is 19.5. The van der Waals surface area contributed by atoms with E-state index in [1.165, 1.54) is 6.92 Å². The minimum absolute atomic E-state index is 0. The molecule has 0 radical (unpaired) electrons. The first-order valence-electron chi connectivity index (χ1n) is 13.2. The molecule has 206 valence electrons. The maximum absolute atomic E-state index is 13.1. The van der Waals surface area contributed by atoms with Crippen molar-refractivity contribution in [2.45, 2.75) is 25.9 Å². The molecule has 5 rings (SSSR count). The summed E-state index contributed by atoms with van der Waals surface area (Å²) in [5.74, 6) is 0.942. The number of benzene rings is 3. The highest BCUT2D eigenvalue weighted by Gasteiger charge is 2.22. The Morgan fingerprint density at radius 1 is 1.02 bits per heavy atom. The second kappa shape index (κ2) is 12.3. The van der Waals surface area contributed by atoms with E-state index in [-0.39, 0.29) is 25.9 Å². The number of nitrogens with one attached hydrogen (secondary N) is 2. The number of aromatic nitrogens is 2. The van der Waals surface area contributed by atoms with Crippen LogP contribution in [0.3, 0.4) is 0 Å². The average Bonchev–Trinajstić information content (AvgIpc) is 3.38. The van der Waals surface area contributed by atoms with Gasteiger partial charge in [0, 0.05) is 55.7 Å². The molecular formula is C32H34N4O4. The quantitative estimate of drug-likeness (QED) is 0.243. The van der Waals surface area contributed by atoms with E-state index >= 15 is 0 Å². The van der Waals surface area contributed by atoms with Crippen LogP contribution in [0, 0.1) is 0 Å². The van der Waals surface area contributed by atoms with Crippen molar-refractivity contribution in [2.75, 3.05) is 20.3 Å². The third kappa shape index (κ3) is 6.40. The van der Waals surface area contributed by atoms with Gasteiger partial charge in [-0.2, -0.15) is 0 Å². The molecule has 40 heavy (non-hydrogen) atoms. The van der Waals surface area contributed by atoms with Gasteiger partial charge in [0.15, 0.2) is 6.61 Å². The number of rotatable bonds is 11. The number of hydrogen-bond acceptors (Lipinski definition) is 5. The molecular weight excluding hydrogens is 504 g/mol. The number of amides is 2. The Hall–Kier alpha value is -4.85. The molecule has 2 aromatic heterocycles. The molecule has 1 unspecified atom stereocenters. The predicted octanol–water partition coefficient (Wildman–Crippen LogP) is 5.13. The first kappa shape index (κ1) is 26.7. The van der Waals surface area contributed by atoms with Crippen molar-refractivity contribution in [1.29, 1.82) is 0 Å². The van der Waals surface area contributed by atoms with Crippen molar-refractivity contribution in [3.63, 3.8) is 0 Å². The Bertz CT molecular complexity index is 1640. The smallest absolute Gasteiger partial charge is 0.258 e. The van der Waals surface area contributed by atoms with Gasteiger partial charge in [0.2, 0.25) is 5.91 Å². The molecule has 0 bridgehead atoms. The number of nitrogens with zero attached hydrogens (tertiary/aromatic N) is 2. The minimum atomic E-state index is -0.352. The van der Waals surface area contributed by atoms with Crippen molar-refractivity contribution >= 4 is 33.6 Å². The number of fused-ring (bicyclic) bond motifs is 2. The highest BCUT2D eigenvalue weighted by atomic mass is 16.5. The van der Waals surface area contributed by atoms with Crippen LogP contribution in [0.4, 0.5) is 0 Å². The molecule has 1 atom stereocenters. The molecule has 5 aromatic rings. The van der Waals surface area contributed by atoms with E-state index in [1.54, 1.807) is 24.3 Å². The summed E-state index contributed by atoms with van der Waals surface area (Å²) in [6.45, 7) is 2.07. The second-order valence-corrected chi connectivity index (χ2v) is 9.69. The number of H-pyrrole nitrogens is 1. The fraction of sp³-hybridized carbons (Fsp3) is 0.219. The van der Waals surface area contributed by atoms with Crippen molar-refractivity contribution in [3.05, 3.63) is 102 Å². The number of pyridine rings is 1. The average molecular weight is 539 g/mol. The summed E-state index contributed by atoms with van der Waals surface area (Å²) in [5, 5.41) is 5.13. The minimum Gasteiger partial charge on any atom is -0.496 e. The maximum atomic E-state index is 13.1. The van der Waals surface area contributed by atoms with Crippen LogP contribution in [-0.2, 0) is 22.6 Å². The topological polar surface area (TPSA) is 96.6 Å². The molecule has 0 aliphatic heterocycles.